The first kappa shape index (κ1) is 19.3. The number of piperidine rings is 1. The molecule has 1 amide bonds. The highest BCUT2D eigenvalue weighted by atomic mass is 32.2. The third-order valence-electron chi connectivity index (χ3n) is 5.83. The summed E-state index contributed by atoms with van der Waals surface area (Å²) in [7, 11) is -1.57. The number of aryl methyl sites for hydroxylation is 1. The Balaban J connectivity index is 1.64. The fourth-order valence-electron chi connectivity index (χ4n) is 4.29. The van der Waals surface area contributed by atoms with Crippen LogP contribution in [-0.4, -0.2) is 69.7 Å². The van der Waals surface area contributed by atoms with Crippen LogP contribution in [0, 0.1) is 11.3 Å². The minimum atomic E-state index is -3.23. The van der Waals surface area contributed by atoms with Gasteiger partial charge in [-0.3, -0.25) is 4.79 Å². The third kappa shape index (κ3) is 4.10. The molecular formula is C19H28N2O4S. The van der Waals surface area contributed by atoms with Gasteiger partial charge in [0.05, 0.1) is 12.9 Å². The van der Waals surface area contributed by atoms with E-state index in [9.17, 15) is 13.2 Å². The first-order chi connectivity index (χ1) is 12.3. The molecule has 2 saturated heterocycles. The summed E-state index contributed by atoms with van der Waals surface area (Å²) in [5, 5.41) is 0. The van der Waals surface area contributed by atoms with Crippen LogP contribution in [0.1, 0.15) is 18.4 Å². The lowest BCUT2D eigenvalue weighted by Crippen LogP contribution is -2.50. The van der Waals surface area contributed by atoms with E-state index in [2.05, 4.69) is 0 Å². The zero-order chi connectivity index (χ0) is 18.8. The number of sulfonamides is 1. The quantitative estimate of drug-likeness (QED) is 0.748. The second kappa shape index (κ2) is 7.66. The van der Waals surface area contributed by atoms with Crippen molar-refractivity contribution in [2.75, 3.05) is 46.2 Å². The van der Waals surface area contributed by atoms with Crippen molar-refractivity contribution in [3.8, 4) is 0 Å². The molecule has 0 aromatic heterocycles. The lowest BCUT2D eigenvalue weighted by atomic mass is 9.73. The van der Waals surface area contributed by atoms with E-state index in [1.165, 1.54) is 6.26 Å². The molecule has 144 valence electrons. The number of methoxy groups -OCH3 is 1. The number of hydrogen-bond donors (Lipinski definition) is 0. The number of hydrogen-bond acceptors (Lipinski definition) is 4. The van der Waals surface area contributed by atoms with Gasteiger partial charge in [0, 0.05) is 45.1 Å². The van der Waals surface area contributed by atoms with Crippen molar-refractivity contribution in [2.24, 2.45) is 11.3 Å². The van der Waals surface area contributed by atoms with Gasteiger partial charge in [0.2, 0.25) is 15.9 Å². The average molecular weight is 381 g/mol. The molecular weight excluding hydrogens is 352 g/mol. The van der Waals surface area contributed by atoms with Crippen molar-refractivity contribution in [1.29, 1.82) is 0 Å². The number of rotatable bonds is 6. The molecule has 2 fully saturated rings. The zero-order valence-corrected chi connectivity index (χ0v) is 16.4. The van der Waals surface area contributed by atoms with E-state index in [0.29, 0.717) is 39.2 Å². The number of ether oxygens (including phenoxy) is 1. The molecule has 0 bridgehead atoms. The largest absolute Gasteiger partial charge is 0.384 e. The number of benzene rings is 1. The van der Waals surface area contributed by atoms with Gasteiger partial charge in [0.1, 0.15) is 0 Å². The SMILES string of the molecule is COC[C@@]12CCN(C(=O)CCc3ccccc3)C[C@@H]1CN(S(C)(=O)=O)C2. The maximum Gasteiger partial charge on any atom is 0.222 e. The first-order valence-electron chi connectivity index (χ1n) is 9.10. The molecule has 1 aromatic rings. The smallest absolute Gasteiger partial charge is 0.222 e. The van der Waals surface area contributed by atoms with Crippen molar-refractivity contribution in [3.05, 3.63) is 35.9 Å². The summed E-state index contributed by atoms with van der Waals surface area (Å²) in [6.07, 6.45) is 3.27. The second-order valence-corrected chi connectivity index (χ2v) is 9.61. The molecule has 2 atom stereocenters. The van der Waals surface area contributed by atoms with Gasteiger partial charge in [-0.25, -0.2) is 12.7 Å². The molecule has 7 heteroatoms. The van der Waals surface area contributed by atoms with E-state index in [4.69, 9.17) is 4.74 Å². The number of carbonyl (C=O) groups is 1. The van der Waals surface area contributed by atoms with Crippen LogP contribution in [-0.2, 0) is 26.0 Å². The maximum atomic E-state index is 12.7. The lowest BCUT2D eigenvalue weighted by molar-refractivity contribution is -0.135. The van der Waals surface area contributed by atoms with Crippen LogP contribution in [0.4, 0.5) is 0 Å². The molecule has 0 saturated carbocycles. The van der Waals surface area contributed by atoms with Gasteiger partial charge < -0.3 is 9.64 Å². The third-order valence-corrected chi connectivity index (χ3v) is 7.04. The molecule has 0 spiro atoms. The van der Waals surface area contributed by atoms with Crippen molar-refractivity contribution < 1.29 is 17.9 Å². The van der Waals surface area contributed by atoms with Crippen LogP contribution >= 0.6 is 0 Å². The van der Waals surface area contributed by atoms with Crippen LogP contribution in [0.25, 0.3) is 0 Å². The Kier molecular flexibility index (Phi) is 5.69. The summed E-state index contributed by atoms with van der Waals surface area (Å²) in [6, 6.07) is 10.0. The normalized spacial score (nSPS) is 26.7. The van der Waals surface area contributed by atoms with Gasteiger partial charge in [-0.15, -0.1) is 0 Å². The van der Waals surface area contributed by atoms with Gasteiger partial charge in [0.25, 0.3) is 0 Å². The molecule has 26 heavy (non-hydrogen) atoms. The molecule has 0 aliphatic carbocycles. The topological polar surface area (TPSA) is 66.9 Å². The average Bonchev–Trinajstić information content (AvgIpc) is 2.99. The number of amides is 1. The lowest BCUT2D eigenvalue weighted by Gasteiger charge is -2.43. The fraction of sp³-hybridized carbons (Fsp3) is 0.632. The Morgan fingerprint density at radius 1 is 1.27 bits per heavy atom. The molecule has 0 unspecified atom stereocenters. The second-order valence-electron chi connectivity index (χ2n) is 7.62. The predicted octanol–water partition coefficient (Wildman–Crippen LogP) is 1.38. The van der Waals surface area contributed by atoms with Gasteiger partial charge in [0.15, 0.2) is 0 Å². The van der Waals surface area contributed by atoms with E-state index in [0.717, 1.165) is 18.4 Å². The summed E-state index contributed by atoms with van der Waals surface area (Å²) >= 11 is 0. The van der Waals surface area contributed by atoms with Crippen LogP contribution in [0.3, 0.4) is 0 Å². The number of likely N-dealkylation sites (tertiary alicyclic amines) is 1. The summed E-state index contributed by atoms with van der Waals surface area (Å²) in [5.74, 6) is 0.282. The molecule has 1 aromatic carbocycles. The first-order valence-corrected chi connectivity index (χ1v) is 10.9. The van der Waals surface area contributed by atoms with Crippen LogP contribution in [0.5, 0.6) is 0 Å². The Morgan fingerprint density at radius 3 is 2.65 bits per heavy atom. The summed E-state index contributed by atoms with van der Waals surface area (Å²) in [4.78, 5) is 14.6. The fourth-order valence-corrected chi connectivity index (χ4v) is 5.23. The Labute approximate surface area is 156 Å². The van der Waals surface area contributed by atoms with E-state index >= 15 is 0 Å². The molecule has 2 heterocycles. The minimum absolute atomic E-state index is 0.131. The van der Waals surface area contributed by atoms with Gasteiger partial charge in [-0.2, -0.15) is 0 Å². The van der Waals surface area contributed by atoms with E-state index in [1.54, 1.807) is 11.4 Å². The Hall–Kier alpha value is -1.44. The highest BCUT2D eigenvalue weighted by Crippen LogP contribution is 2.44. The van der Waals surface area contributed by atoms with Gasteiger partial charge in [-0.05, 0) is 24.3 Å². The standard InChI is InChI=1S/C19H28N2O4S/c1-25-15-19-10-11-20(12-17(19)13-21(14-19)26(2,23)24)18(22)9-8-16-6-4-3-5-7-16/h3-7,17H,8-15H2,1-2H3/t17-,19+/m1/s1. The molecule has 3 rings (SSSR count). The summed E-state index contributed by atoms with van der Waals surface area (Å²) in [6.45, 7) is 2.80. The molecule has 2 aliphatic rings. The molecule has 2 aliphatic heterocycles. The Morgan fingerprint density at radius 2 is 2.00 bits per heavy atom. The van der Waals surface area contributed by atoms with Crippen LogP contribution in [0.15, 0.2) is 30.3 Å². The molecule has 0 radical (unpaired) electrons. The number of carbonyl (C=O) groups excluding carboxylic acids is 1. The zero-order valence-electron chi connectivity index (χ0n) is 15.6. The maximum absolute atomic E-state index is 12.7. The van der Waals surface area contributed by atoms with E-state index in [1.807, 2.05) is 35.2 Å². The van der Waals surface area contributed by atoms with E-state index in [-0.39, 0.29) is 17.2 Å². The van der Waals surface area contributed by atoms with Gasteiger partial charge >= 0.3 is 0 Å². The van der Waals surface area contributed by atoms with Crippen molar-refractivity contribution in [3.63, 3.8) is 0 Å². The van der Waals surface area contributed by atoms with Crippen LogP contribution < -0.4 is 0 Å². The highest BCUT2D eigenvalue weighted by Gasteiger charge is 2.52. The number of fused-ring (bicyclic) bond motifs is 1. The summed E-state index contributed by atoms with van der Waals surface area (Å²) < 4.78 is 31.0. The highest BCUT2D eigenvalue weighted by molar-refractivity contribution is 7.88. The predicted molar refractivity (Wildman–Crippen MR) is 100 cm³/mol. The molecule has 6 nitrogen and oxygen atoms in total. The monoisotopic (exact) mass is 380 g/mol. The van der Waals surface area contributed by atoms with E-state index < -0.39 is 10.0 Å². The number of nitrogens with zero attached hydrogens (tertiary/aromatic N) is 2. The van der Waals surface area contributed by atoms with Crippen molar-refractivity contribution in [2.45, 2.75) is 19.3 Å². The molecule has 0 N–H and O–H groups in total. The van der Waals surface area contributed by atoms with Crippen molar-refractivity contribution >= 4 is 15.9 Å². The van der Waals surface area contributed by atoms with Crippen molar-refractivity contribution in [1.82, 2.24) is 9.21 Å². The Bertz CT molecular complexity index is 737. The van der Waals surface area contributed by atoms with Crippen LogP contribution in [0.2, 0.25) is 0 Å². The summed E-state index contributed by atoms with van der Waals surface area (Å²) in [5.41, 5.74) is 0.990. The minimum Gasteiger partial charge on any atom is -0.384 e. The van der Waals surface area contributed by atoms with Gasteiger partial charge in [-0.1, -0.05) is 30.3 Å².